The van der Waals surface area contributed by atoms with E-state index in [2.05, 4.69) is 10.6 Å². The van der Waals surface area contributed by atoms with Gasteiger partial charge in [-0.1, -0.05) is 55.8 Å². The first-order chi connectivity index (χ1) is 12.5. The lowest BCUT2D eigenvalue weighted by molar-refractivity contribution is -0.124. The van der Waals surface area contributed by atoms with E-state index in [1.165, 1.54) is 0 Å². The highest BCUT2D eigenvalue weighted by Gasteiger charge is 2.25. The van der Waals surface area contributed by atoms with E-state index in [1.54, 1.807) is 24.3 Å². The maximum Gasteiger partial charge on any atom is 0.253 e. The maximum absolute atomic E-state index is 12.4. The molecule has 2 aromatic rings. The predicted octanol–water partition coefficient (Wildman–Crippen LogP) is 3.29. The molecular weight excluding hydrogens is 352 g/mol. The molecule has 0 heterocycles. The van der Waals surface area contributed by atoms with Crippen molar-refractivity contribution in [3.05, 3.63) is 65.2 Å². The summed E-state index contributed by atoms with van der Waals surface area (Å²) in [4.78, 5) is 24.8. The Bertz CT molecular complexity index is 735. The van der Waals surface area contributed by atoms with Gasteiger partial charge in [0.1, 0.15) is 18.4 Å². The van der Waals surface area contributed by atoms with Crippen molar-refractivity contribution in [3.63, 3.8) is 0 Å². The second-order valence-electron chi connectivity index (χ2n) is 6.13. The molecule has 6 heteroatoms. The molecule has 1 unspecified atom stereocenters. The number of carbonyl (C=O) groups is 2. The summed E-state index contributed by atoms with van der Waals surface area (Å²) in [7, 11) is 0. The number of nitrogens with one attached hydrogen (secondary N) is 2. The third-order valence-corrected chi connectivity index (χ3v) is 4.10. The number of halogens is 1. The van der Waals surface area contributed by atoms with E-state index in [-0.39, 0.29) is 17.7 Å². The van der Waals surface area contributed by atoms with Crippen LogP contribution in [-0.4, -0.2) is 31.0 Å². The summed E-state index contributed by atoms with van der Waals surface area (Å²) in [5.41, 5.74) is 0.347. The van der Waals surface area contributed by atoms with E-state index in [0.29, 0.717) is 23.7 Å². The largest absolute Gasteiger partial charge is 0.492 e. The lowest BCUT2D eigenvalue weighted by Crippen LogP contribution is -2.50. The van der Waals surface area contributed by atoms with Crippen molar-refractivity contribution in [2.75, 3.05) is 13.2 Å². The van der Waals surface area contributed by atoms with E-state index >= 15 is 0 Å². The van der Waals surface area contributed by atoms with Gasteiger partial charge in [-0.3, -0.25) is 9.59 Å². The molecule has 0 spiro atoms. The summed E-state index contributed by atoms with van der Waals surface area (Å²) < 4.78 is 5.54. The first kappa shape index (κ1) is 19.8. The van der Waals surface area contributed by atoms with Crippen LogP contribution in [0.4, 0.5) is 0 Å². The molecule has 0 saturated carbocycles. The first-order valence-electron chi connectivity index (χ1n) is 8.50. The molecule has 0 radical (unpaired) electrons. The van der Waals surface area contributed by atoms with Gasteiger partial charge in [0.2, 0.25) is 5.91 Å². The average molecular weight is 375 g/mol. The summed E-state index contributed by atoms with van der Waals surface area (Å²) in [5.74, 6) is 0.0488. The number of ether oxygens (including phenoxy) is 1. The lowest BCUT2D eigenvalue weighted by atomic mass is 10.0. The number of carbonyl (C=O) groups excluding carboxylic acids is 2. The molecule has 1 atom stereocenters. The van der Waals surface area contributed by atoms with Gasteiger partial charge in [0.05, 0.1) is 17.1 Å². The van der Waals surface area contributed by atoms with Crippen molar-refractivity contribution in [1.82, 2.24) is 10.6 Å². The average Bonchev–Trinajstić information content (AvgIpc) is 2.64. The minimum Gasteiger partial charge on any atom is -0.492 e. The van der Waals surface area contributed by atoms with Crippen LogP contribution < -0.4 is 15.4 Å². The van der Waals surface area contributed by atoms with Gasteiger partial charge in [-0.2, -0.15) is 0 Å². The van der Waals surface area contributed by atoms with E-state index in [4.69, 9.17) is 16.3 Å². The molecule has 2 N–H and O–H groups in total. The second-order valence-corrected chi connectivity index (χ2v) is 6.53. The number of hydrogen-bond acceptors (Lipinski definition) is 3. The van der Waals surface area contributed by atoms with Crippen LogP contribution in [0.2, 0.25) is 5.02 Å². The Morgan fingerprint density at radius 2 is 1.69 bits per heavy atom. The molecule has 0 bridgehead atoms. The highest BCUT2D eigenvalue weighted by molar-refractivity contribution is 6.33. The zero-order chi connectivity index (χ0) is 18.9. The maximum atomic E-state index is 12.4. The number of amides is 2. The number of benzene rings is 2. The second kappa shape index (κ2) is 9.82. The van der Waals surface area contributed by atoms with Crippen molar-refractivity contribution >= 4 is 23.4 Å². The molecule has 26 heavy (non-hydrogen) atoms. The fraction of sp³-hybridized carbons (Fsp3) is 0.300. The normalized spacial score (nSPS) is 11.7. The SMILES string of the molecule is CC(C)C(NC(=O)c1ccccc1Cl)C(=O)NCCOc1ccccc1. The molecule has 5 nitrogen and oxygen atoms in total. The van der Waals surface area contributed by atoms with Crippen LogP contribution in [0.15, 0.2) is 54.6 Å². The van der Waals surface area contributed by atoms with Gasteiger partial charge in [0.25, 0.3) is 5.91 Å². The topological polar surface area (TPSA) is 67.4 Å². The van der Waals surface area contributed by atoms with E-state index in [9.17, 15) is 9.59 Å². The highest BCUT2D eigenvalue weighted by Crippen LogP contribution is 2.15. The van der Waals surface area contributed by atoms with Gasteiger partial charge in [-0.25, -0.2) is 0 Å². The van der Waals surface area contributed by atoms with Crippen LogP contribution >= 0.6 is 11.6 Å². The Morgan fingerprint density at radius 1 is 1.04 bits per heavy atom. The van der Waals surface area contributed by atoms with E-state index < -0.39 is 6.04 Å². The standard InChI is InChI=1S/C20H23ClN2O3/c1-14(2)18(23-19(24)16-10-6-7-11-17(16)21)20(25)22-12-13-26-15-8-4-3-5-9-15/h3-11,14,18H,12-13H2,1-2H3,(H,22,25)(H,23,24). The third-order valence-electron chi connectivity index (χ3n) is 3.77. The zero-order valence-corrected chi connectivity index (χ0v) is 15.6. The van der Waals surface area contributed by atoms with Crippen molar-refractivity contribution in [3.8, 4) is 5.75 Å². The van der Waals surface area contributed by atoms with Crippen molar-refractivity contribution in [1.29, 1.82) is 0 Å². The molecule has 0 aliphatic heterocycles. The summed E-state index contributed by atoms with van der Waals surface area (Å²) >= 11 is 6.04. The molecule has 2 aromatic carbocycles. The summed E-state index contributed by atoms with van der Waals surface area (Å²) in [5, 5.41) is 5.90. The Kier molecular flexibility index (Phi) is 7.48. The number of para-hydroxylation sites is 1. The van der Waals surface area contributed by atoms with Crippen LogP contribution in [0.1, 0.15) is 24.2 Å². The quantitative estimate of drug-likeness (QED) is 0.697. The molecule has 0 aromatic heterocycles. The molecule has 138 valence electrons. The predicted molar refractivity (Wildman–Crippen MR) is 102 cm³/mol. The summed E-state index contributed by atoms with van der Waals surface area (Å²) in [6.45, 7) is 4.44. The smallest absolute Gasteiger partial charge is 0.253 e. The summed E-state index contributed by atoms with van der Waals surface area (Å²) in [6, 6.07) is 15.5. The first-order valence-corrected chi connectivity index (χ1v) is 8.87. The van der Waals surface area contributed by atoms with Crippen LogP contribution in [0, 0.1) is 5.92 Å². The molecule has 0 fully saturated rings. The third kappa shape index (κ3) is 5.77. The fourth-order valence-electron chi connectivity index (χ4n) is 2.37. The van der Waals surface area contributed by atoms with E-state index in [1.807, 2.05) is 44.2 Å². The zero-order valence-electron chi connectivity index (χ0n) is 14.9. The van der Waals surface area contributed by atoms with Crippen LogP contribution in [0.3, 0.4) is 0 Å². The lowest BCUT2D eigenvalue weighted by Gasteiger charge is -2.22. The number of rotatable bonds is 8. The van der Waals surface area contributed by atoms with Crippen LogP contribution in [0.25, 0.3) is 0 Å². The van der Waals surface area contributed by atoms with Gasteiger partial charge >= 0.3 is 0 Å². The Morgan fingerprint density at radius 3 is 2.35 bits per heavy atom. The highest BCUT2D eigenvalue weighted by atomic mass is 35.5. The van der Waals surface area contributed by atoms with Gasteiger partial charge in [-0.15, -0.1) is 0 Å². The van der Waals surface area contributed by atoms with Gasteiger partial charge < -0.3 is 15.4 Å². The Labute approximate surface area is 158 Å². The van der Waals surface area contributed by atoms with Crippen molar-refractivity contribution in [2.45, 2.75) is 19.9 Å². The molecule has 2 amide bonds. The Hall–Kier alpha value is -2.53. The monoisotopic (exact) mass is 374 g/mol. The van der Waals surface area contributed by atoms with Crippen molar-refractivity contribution in [2.24, 2.45) is 5.92 Å². The van der Waals surface area contributed by atoms with Crippen molar-refractivity contribution < 1.29 is 14.3 Å². The molecule has 0 aliphatic rings. The van der Waals surface area contributed by atoms with Crippen LogP contribution in [0.5, 0.6) is 5.75 Å². The summed E-state index contributed by atoms with van der Waals surface area (Å²) in [6.07, 6.45) is 0. The Balaban J connectivity index is 1.87. The minimum absolute atomic E-state index is 0.0727. The molecule has 0 aliphatic carbocycles. The fourth-order valence-corrected chi connectivity index (χ4v) is 2.59. The molecule has 0 saturated heterocycles. The van der Waals surface area contributed by atoms with Crippen LogP contribution in [-0.2, 0) is 4.79 Å². The molecule has 2 rings (SSSR count). The van der Waals surface area contributed by atoms with Gasteiger partial charge in [-0.05, 0) is 30.2 Å². The number of hydrogen-bond donors (Lipinski definition) is 2. The van der Waals surface area contributed by atoms with Gasteiger partial charge in [0, 0.05) is 0 Å². The minimum atomic E-state index is -0.657. The molecular formula is C20H23ClN2O3. The van der Waals surface area contributed by atoms with E-state index in [0.717, 1.165) is 5.75 Å². The van der Waals surface area contributed by atoms with Gasteiger partial charge in [0.15, 0.2) is 0 Å².